The van der Waals surface area contributed by atoms with Crippen LogP contribution in [-0.4, -0.2) is 24.3 Å². The van der Waals surface area contributed by atoms with Crippen LogP contribution in [-0.2, 0) is 0 Å². The van der Waals surface area contributed by atoms with Crippen molar-refractivity contribution >= 4 is 7.85 Å². The van der Waals surface area contributed by atoms with Gasteiger partial charge in [0.25, 0.3) is 0 Å². The van der Waals surface area contributed by atoms with Gasteiger partial charge >= 0.3 is 0 Å². The zero-order valence-corrected chi connectivity index (χ0v) is 16.2. The zero-order chi connectivity index (χ0) is 16.7. The van der Waals surface area contributed by atoms with Gasteiger partial charge in [0.2, 0.25) is 0 Å². The van der Waals surface area contributed by atoms with Crippen molar-refractivity contribution in [2.45, 2.75) is 97.0 Å². The Morgan fingerprint density at radius 1 is 1.23 bits per heavy atom. The Morgan fingerprint density at radius 2 is 1.86 bits per heavy atom. The molecule has 1 nitrogen and oxygen atoms in total. The number of allylic oxidation sites excluding steroid dienone is 1. The first-order valence-corrected chi connectivity index (χ1v) is 9.58. The second kappa shape index (κ2) is 6.25. The third kappa shape index (κ3) is 3.41. The van der Waals surface area contributed by atoms with Crippen molar-refractivity contribution in [2.24, 2.45) is 17.8 Å². The Morgan fingerprint density at radius 3 is 2.36 bits per heavy atom. The maximum atomic E-state index is 4.52. The third-order valence-electron chi connectivity index (χ3n) is 6.23. The van der Waals surface area contributed by atoms with E-state index >= 15 is 0 Å². The van der Waals surface area contributed by atoms with Crippen molar-refractivity contribution in [1.29, 1.82) is 0 Å². The molecule has 2 aliphatic carbocycles. The van der Waals surface area contributed by atoms with Crippen LogP contribution >= 0.6 is 0 Å². The largest absolute Gasteiger partial charge is 0.367 e. The van der Waals surface area contributed by atoms with Gasteiger partial charge in [-0.2, -0.15) is 0 Å². The van der Waals surface area contributed by atoms with E-state index in [1.807, 2.05) is 0 Å². The molecule has 4 unspecified atom stereocenters. The molecule has 0 saturated heterocycles. The molecule has 0 N–H and O–H groups in total. The van der Waals surface area contributed by atoms with Gasteiger partial charge in [0.15, 0.2) is 0 Å². The second-order valence-corrected chi connectivity index (χ2v) is 9.66. The summed E-state index contributed by atoms with van der Waals surface area (Å²) in [6.07, 6.45) is 8.35. The van der Waals surface area contributed by atoms with Crippen LogP contribution in [0, 0.1) is 17.8 Å². The molecule has 0 aliphatic heterocycles. The Labute approximate surface area is 140 Å². The minimum Gasteiger partial charge on any atom is -0.367 e. The van der Waals surface area contributed by atoms with E-state index in [1.54, 1.807) is 0 Å². The minimum atomic E-state index is 0.362. The van der Waals surface area contributed by atoms with Crippen LogP contribution < -0.4 is 0 Å². The predicted molar refractivity (Wildman–Crippen MR) is 101 cm³/mol. The minimum absolute atomic E-state index is 0.362. The standard InChI is InChI=1S/C20H38BN/c1-8-17-9-18-10-19(7,21)13-20(11-17,12-18)22(15(4)5)16(6)14(2)3/h14-15,17-18H,6,8-13,21H2,1-5,7H3. The lowest BCUT2D eigenvalue weighted by Crippen LogP contribution is -2.59. The Balaban J connectivity index is 2.41. The molecular weight excluding hydrogens is 265 g/mol. The SMILES string of the molecule is BC1(C)CC2CC(CC)CC(N(C(=C)C(C)C)C(C)C)(C2)C1. The van der Waals surface area contributed by atoms with Crippen molar-refractivity contribution in [3.05, 3.63) is 12.3 Å². The van der Waals surface area contributed by atoms with Gasteiger partial charge in [-0.1, -0.05) is 52.4 Å². The summed E-state index contributed by atoms with van der Waals surface area (Å²) in [5, 5.41) is 0.478. The van der Waals surface area contributed by atoms with Gasteiger partial charge in [-0.3, -0.25) is 0 Å². The van der Waals surface area contributed by atoms with Crippen LogP contribution in [0.25, 0.3) is 0 Å². The topological polar surface area (TPSA) is 3.24 Å². The summed E-state index contributed by atoms with van der Waals surface area (Å²) in [6.45, 7) is 18.8. The molecule has 0 aromatic carbocycles. The van der Waals surface area contributed by atoms with Crippen LogP contribution in [0.4, 0.5) is 0 Å². The number of hydrogen-bond donors (Lipinski definition) is 0. The van der Waals surface area contributed by atoms with E-state index in [-0.39, 0.29) is 0 Å². The highest BCUT2D eigenvalue weighted by molar-refractivity contribution is 6.15. The molecule has 0 amide bonds. The van der Waals surface area contributed by atoms with Crippen molar-refractivity contribution < 1.29 is 0 Å². The summed E-state index contributed by atoms with van der Waals surface area (Å²) in [5.41, 5.74) is 1.73. The van der Waals surface area contributed by atoms with Crippen molar-refractivity contribution in [3.63, 3.8) is 0 Å². The first kappa shape index (κ1) is 18.0. The second-order valence-electron chi connectivity index (χ2n) is 9.66. The highest BCUT2D eigenvalue weighted by Gasteiger charge is 2.52. The van der Waals surface area contributed by atoms with Gasteiger partial charge in [0.05, 0.1) is 0 Å². The Bertz CT molecular complexity index is 412. The average molecular weight is 303 g/mol. The van der Waals surface area contributed by atoms with E-state index in [4.69, 9.17) is 0 Å². The fourth-order valence-electron chi connectivity index (χ4n) is 5.90. The molecule has 0 aromatic rings. The molecule has 0 radical (unpaired) electrons. The van der Waals surface area contributed by atoms with E-state index in [0.29, 0.717) is 22.8 Å². The van der Waals surface area contributed by atoms with Crippen molar-refractivity contribution in [2.75, 3.05) is 0 Å². The molecule has 2 fully saturated rings. The highest BCUT2D eigenvalue weighted by Crippen LogP contribution is 2.58. The molecule has 4 atom stereocenters. The fourth-order valence-corrected chi connectivity index (χ4v) is 5.90. The number of rotatable bonds is 5. The summed E-state index contributed by atoms with van der Waals surface area (Å²) < 4.78 is 0. The van der Waals surface area contributed by atoms with Gasteiger partial charge in [-0.05, 0) is 57.3 Å². The van der Waals surface area contributed by atoms with Gasteiger partial charge in [0.1, 0.15) is 7.85 Å². The van der Waals surface area contributed by atoms with Gasteiger partial charge in [-0.25, -0.2) is 0 Å². The summed E-state index contributed by atoms with van der Waals surface area (Å²) in [4.78, 5) is 2.76. The molecule has 2 bridgehead atoms. The molecule has 0 spiro atoms. The first-order valence-electron chi connectivity index (χ1n) is 9.58. The molecule has 2 aliphatic rings. The van der Waals surface area contributed by atoms with Gasteiger partial charge in [0, 0.05) is 17.3 Å². The van der Waals surface area contributed by atoms with Crippen LogP contribution in [0.1, 0.15) is 80.1 Å². The predicted octanol–water partition coefficient (Wildman–Crippen LogP) is 5.04. The first-order chi connectivity index (χ1) is 10.1. The van der Waals surface area contributed by atoms with E-state index in [2.05, 4.69) is 60.9 Å². The van der Waals surface area contributed by atoms with Gasteiger partial charge in [-0.15, -0.1) is 0 Å². The normalized spacial score (nSPS) is 38.4. The van der Waals surface area contributed by atoms with E-state index in [0.717, 1.165) is 11.8 Å². The smallest absolute Gasteiger partial charge is 0.109 e. The summed E-state index contributed by atoms with van der Waals surface area (Å²) in [5.74, 6) is 2.38. The van der Waals surface area contributed by atoms with Crippen molar-refractivity contribution in [1.82, 2.24) is 4.90 Å². The van der Waals surface area contributed by atoms with E-state index in [1.165, 1.54) is 44.2 Å². The van der Waals surface area contributed by atoms with Crippen molar-refractivity contribution in [3.8, 4) is 0 Å². The summed E-state index contributed by atoms with van der Waals surface area (Å²) >= 11 is 0. The molecule has 0 heterocycles. The van der Waals surface area contributed by atoms with E-state index < -0.39 is 0 Å². The lowest BCUT2D eigenvalue weighted by atomic mass is 9.49. The fraction of sp³-hybridized carbons (Fsp3) is 0.900. The molecule has 2 saturated carbocycles. The molecule has 2 heteroatoms. The monoisotopic (exact) mass is 303 g/mol. The molecular formula is C20H38BN. The lowest BCUT2D eigenvalue weighted by molar-refractivity contribution is -0.0394. The Kier molecular flexibility index (Phi) is 5.10. The molecule has 22 heavy (non-hydrogen) atoms. The molecule has 2 rings (SSSR count). The number of nitrogens with zero attached hydrogens (tertiary/aromatic N) is 1. The van der Waals surface area contributed by atoms with Gasteiger partial charge < -0.3 is 4.90 Å². The summed E-state index contributed by atoms with van der Waals surface area (Å²) in [6, 6.07) is 0.556. The highest BCUT2D eigenvalue weighted by atomic mass is 15.2. The van der Waals surface area contributed by atoms with Crippen LogP contribution in [0.5, 0.6) is 0 Å². The Hall–Kier alpha value is -0.395. The van der Waals surface area contributed by atoms with Crippen LogP contribution in [0.2, 0.25) is 5.31 Å². The van der Waals surface area contributed by atoms with Crippen LogP contribution in [0.3, 0.4) is 0 Å². The quantitative estimate of drug-likeness (QED) is 0.643. The van der Waals surface area contributed by atoms with E-state index in [9.17, 15) is 0 Å². The lowest BCUT2D eigenvalue weighted by Gasteiger charge is -2.61. The van der Waals surface area contributed by atoms with Crippen LogP contribution in [0.15, 0.2) is 12.3 Å². The number of fused-ring (bicyclic) bond motifs is 2. The molecule has 0 aromatic heterocycles. The maximum Gasteiger partial charge on any atom is 0.109 e. The maximum absolute atomic E-state index is 4.52. The third-order valence-corrected chi connectivity index (χ3v) is 6.23. The summed E-state index contributed by atoms with van der Waals surface area (Å²) in [7, 11) is 2.50. The molecule has 126 valence electrons. The average Bonchev–Trinajstić information content (AvgIpc) is 2.34. The number of hydrogen-bond acceptors (Lipinski definition) is 1. The zero-order valence-electron chi connectivity index (χ0n) is 16.2.